The van der Waals surface area contributed by atoms with Crippen LogP contribution in [0.4, 0.5) is 5.95 Å². The van der Waals surface area contributed by atoms with Crippen LogP contribution < -0.4 is 4.90 Å². The van der Waals surface area contributed by atoms with E-state index < -0.39 is 0 Å². The van der Waals surface area contributed by atoms with Crippen LogP contribution in [0.2, 0.25) is 0 Å². The average Bonchev–Trinajstić information content (AvgIpc) is 3.10. The van der Waals surface area contributed by atoms with E-state index in [2.05, 4.69) is 50.8 Å². The molecule has 0 aliphatic heterocycles. The first-order valence-corrected chi connectivity index (χ1v) is 9.09. The van der Waals surface area contributed by atoms with Gasteiger partial charge in [-0.1, -0.05) is 42.1 Å². The van der Waals surface area contributed by atoms with Crippen molar-refractivity contribution in [3.05, 3.63) is 64.6 Å². The highest BCUT2D eigenvalue weighted by Gasteiger charge is 2.15. The van der Waals surface area contributed by atoms with Gasteiger partial charge in [-0.3, -0.25) is 9.55 Å². The van der Waals surface area contributed by atoms with Crippen molar-refractivity contribution in [3.8, 4) is 0 Å². The third-order valence-corrected chi connectivity index (χ3v) is 4.86. The molecule has 0 aliphatic rings. The molecule has 0 N–H and O–H groups in total. The monoisotopic (exact) mass is 376 g/mol. The Kier molecular flexibility index (Phi) is 4.45. The molecule has 0 fully saturated rings. The molecule has 0 bridgehead atoms. The number of hydrogen-bond donors (Lipinski definition) is 0. The Morgan fingerprint density at radius 3 is 2.78 bits per heavy atom. The summed E-state index contributed by atoms with van der Waals surface area (Å²) in [5.41, 5.74) is 3.23. The van der Waals surface area contributed by atoms with E-state index in [0.29, 0.717) is 6.54 Å². The van der Waals surface area contributed by atoms with E-state index in [0.717, 1.165) is 32.8 Å². The first-order chi connectivity index (χ1) is 13.1. The van der Waals surface area contributed by atoms with Crippen LogP contribution in [0.5, 0.6) is 0 Å². The number of pyridine rings is 1. The molecule has 3 aromatic heterocycles. The smallest absolute Gasteiger partial charge is 0.238 e. The Balaban J connectivity index is 1.92. The lowest BCUT2D eigenvalue weighted by Gasteiger charge is -2.14. The van der Waals surface area contributed by atoms with Gasteiger partial charge in [-0.2, -0.15) is 0 Å². The van der Waals surface area contributed by atoms with Gasteiger partial charge in [0.2, 0.25) is 11.7 Å². The Morgan fingerprint density at radius 2 is 2.04 bits per heavy atom. The van der Waals surface area contributed by atoms with Crippen molar-refractivity contribution in [2.75, 3.05) is 19.0 Å². The van der Waals surface area contributed by atoms with E-state index in [1.165, 1.54) is 5.56 Å². The van der Waals surface area contributed by atoms with Crippen molar-refractivity contribution in [1.82, 2.24) is 24.1 Å². The molecule has 3 heterocycles. The second kappa shape index (κ2) is 6.92. The lowest BCUT2D eigenvalue weighted by molar-refractivity contribution is 0.805. The molecule has 0 saturated heterocycles. The number of nitrogens with zero attached hydrogens (tertiary/aromatic N) is 6. The molecule has 6 nitrogen and oxygen atoms in total. The summed E-state index contributed by atoms with van der Waals surface area (Å²) in [4.78, 5) is 6.10. The summed E-state index contributed by atoms with van der Waals surface area (Å²) < 4.78 is 4.83. The van der Waals surface area contributed by atoms with Gasteiger partial charge in [0.1, 0.15) is 4.64 Å². The molecule has 0 amide bonds. The van der Waals surface area contributed by atoms with Crippen LogP contribution >= 0.6 is 12.2 Å². The fraction of sp³-hybridized carbons (Fsp3) is 0.200. The fourth-order valence-corrected chi connectivity index (χ4v) is 3.45. The second-order valence-electron chi connectivity index (χ2n) is 6.65. The number of anilines is 1. The quantitative estimate of drug-likeness (QED) is 0.506. The van der Waals surface area contributed by atoms with Crippen LogP contribution in [0.15, 0.2) is 48.8 Å². The highest BCUT2D eigenvalue weighted by molar-refractivity contribution is 7.71. The number of rotatable bonds is 4. The zero-order chi connectivity index (χ0) is 19.0. The fourth-order valence-electron chi connectivity index (χ4n) is 3.13. The van der Waals surface area contributed by atoms with E-state index in [1.807, 2.05) is 48.0 Å². The van der Waals surface area contributed by atoms with Gasteiger partial charge in [-0.15, -0.1) is 10.2 Å². The number of aryl methyl sites for hydroxylation is 1. The summed E-state index contributed by atoms with van der Waals surface area (Å²) in [7, 11) is 3.93. The number of hydrogen-bond acceptors (Lipinski definition) is 5. The molecule has 4 aromatic rings. The van der Waals surface area contributed by atoms with Gasteiger partial charge >= 0.3 is 0 Å². The number of aromatic nitrogens is 5. The molecule has 0 saturated carbocycles. The number of benzene rings is 1. The number of allylic oxidation sites excluding steroid dienone is 1. The normalized spacial score (nSPS) is 11.7. The van der Waals surface area contributed by atoms with Crippen LogP contribution in [0.25, 0.3) is 22.8 Å². The molecule has 0 aliphatic carbocycles. The predicted octanol–water partition coefficient (Wildman–Crippen LogP) is 3.90. The van der Waals surface area contributed by atoms with Crippen molar-refractivity contribution >= 4 is 40.9 Å². The lowest BCUT2D eigenvalue weighted by atomic mass is 10.1. The maximum absolute atomic E-state index is 5.81. The molecule has 0 unspecified atom stereocenters. The van der Waals surface area contributed by atoms with Crippen LogP contribution in [-0.4, -0.2) is 38.2 Å². The minimum atomic E-state index is 0.604. The summed E-state index contributed by atoms with van der Waals surface area (Å²) >= 11 is 5.81. The summed E-state index contributed by atoms with van der Waals surface area (Å²) in [6.07, 6.45) is 7.70. The molecular weight excluding hydrogens is 356 g/mol. The zero-order valence-corrected chi connectivity index (χ0v) is 16.3. The van der Waals surface area contributed by atoms with Crippen molar-refractivity contribution in [3.63, 3.8) is 0 Å². The van der Waals surface area contributed by atoms with Gasteiger partial charge in [0.25, 0.3) is 0 Å². The first-order valence-electron chi connectivity index (χ1n) is 8.68. The van der Waals surface area contributed by atoms with Crippen molar-refractivity contribution < 1.29 is 0 Å². The van der Waals surface area contributed by atoms with Crippen molar-refractivity contribution in [2.24, 2.45) is 0 Å². The SMILES string of the molecule is Cc1ccc2c(c1)c(=S)n(C/C=C/c1cccnc1)c1nnc(N(C)C)n21. The van der Waals surface area contributed by atoms with Crippen molar-refractivity contribution in [2.45, 2.75) is 13.5 Å². The van der Waals surface area contributed by atoms with Gasteiger partial charge in [0.15, 0.2) is 0 Å². The third kappa shape index (κ3) is 3.10. The van der Waals surface area contributed by atoms with Gasteiger partial charge in [-0.05, 0) is 30.7 Å². The molecule has 27 heavy (non-hydrogen) atoms. The van der Waals surface area contributed by atoms with E-state index in [4.69, 9.17) is 12.2 Å². The highest BCUT2D eigenvalue weighted by atomic mass is 32.1. The highest BCUT2D eigenvalue weighted by Crippen LogP contribution is 2.24. The summed E-state index contributed by atoms with van der Waals surface area (Å²) in [5, 5.41) is 9.82. The zero-order valence-electron chi connectivity index (χ0n) is 15.5. The van der Waals surface area contributed by atoms with Gasteiger partial charge in [-0.25, -0.2) is 4.40 Å². The average molecular weight is 376 g/mol. The van der Waals surface area contributed by atoms with E-state index in [9.17, 15) is 0 Å². The van der Waals surface area contributed by atoms with E-state index in [1.54, 1.807) is 6.20 Å². The minimum Gasteiger partial charge on any atom is -0.347 e. The molecule has 0 radical (unpaired) electrons. The first kappa shape index (κ1) is 17.4. The molecule has 0 atom stereocenters. The Hall–Kier alpha value is -3.06. The molecule has 4 rings (SSSR count). The van der Waals surface area contributed by atoms with Crippen LogP contribution in [0.1, 0.15) is 11.1 Å². The Labute approximate surface area is 162 Å². The largest absolute Gasteiger partial charge is 0.347 e. The number of fused-ring (bicyclic) bond motifs is 3. The topological polar surface area (TPSA) is 51.2 Å². The third-order valence-electron chi connectivity index (χ3n) is 4.42. The summed E-state index contributed by atoms with van der Waals surface area (Å²) in [6.45, 7) is 2.68. The maximum atomic E-state index is 5.81. The van der Waals surface area contributed by atoms with Gasteiger partial charge in [0.05, 0.1) is 5.52 Å². The molecular formula is C20H20N6S. The predicted molar refractivity (Wildman–Crippen MR) is 112 cm³/mol. The van der Waals surface area contributed by atoms with Crippen LogP contribution in [0, 0.1) is 11.6 Å². The standard InChI is InChI=1S/C20H20N6S/c1-14-8-9-17-16(12-14)18(27)25(11-5-7-15-6-4-10-21-13-15)20-23-22-19(24(2)3)26(17)20/h4-10,12-13H,11H2,1-3H3/b7-5+. The van der Waals surface area contributed by atoms with Crippen LogP contribution in [0.3, 0.4) is 0 Å². The molecule has 7 heteroatoms. The summed E-state index contributed by atoms with van der Waals surface area (Å²) in [5.74, 6) is 1.51. The lowest BCUT2D eigenvalue weighted by Crippen LogP contribution is -2.14. The molecule has 0 spiro atoms. The summed E-state index contributed by atoms with van der Waals surface area (Å²) in [6, 6.07) is 10.2. The molecule has 1 aromatic carbocycles. The maximum Gasteiger partial charge on any atom is 0.238 e. The van der Waals surface area contributed by atoms with Crippen molar-refractivity contribution in [1.29, 1.82) is 0 Å². The minimum absolute atomic E-state index is 0.604. The van der Waals surface area contributed by atoms with Gasteiger partial charge in [0, 0.05) is 38.4 Å². The van der Waals surface area contributed by atoms with Gasteiger partial charge < -0.3 is 4.90 Å². The van der Waals surface area contributed by atoms with E-state index in [-0.39, 0.29) is 0 Å². The second-order valence-corrected chi connectivity index (χ2v) is 7.04. The van der Waals surface area contributed by atoms with Crippen LogP contribution in [-0.2, 0) is 6.54 Å². The van der Waals surface area contributed by atoms with E-state index >= 15 is 0 Å². The Bertz CT molecular complexity index is 1200. The molecule has 136 valence electrons. The Morgan fingerprint density at radius 1 is 1.19 bits per heavy atom.